The maximum atomic E-state index is 10.7. The second kappa shape index (κ2) is 5.54. The molecule has 0 saturated carbocycles. The molecule has 104 valence electrons. The molecule has 2 aromatic heterocycles. The van der Waals surface area contributed by atoms with E-state index in [0.29, 0.717) is 6.54 Å². The fraction of sp³-hybridized carbons (Fsp3) is 0.0667. The Bertz CT molecular complexity index is 782. The van der Waals surface area contributed by atoms with E-state index in [1.807, 2.05) is 24.3 Å². The molecular weight excluding hydrogens is 268 g/mol. The third-order valence-electron chi connectivity index (χ3n) is 3.05. The van der Waals surface area contributed by atoms with Crippen LogP contribution >= 0.6 is 0 Å². The van der Waals surface area contributed by atoms with Crippen LogP contribution in [0.2, 0.25) is 0 Å². The normalized spacial score (nSPS) is 10.5. The maximum absolute atomic E-state index is 10.7. The Labute approximate surface area is 120 Å². The second-order valence-electron chi connectivity index (χ2n) is 4.45. The van der Waals surface area contributed by atoms with Gasteiger partial charge in [0, 0.05) is 18.1 Å². The Morgan fingerprint density at radius 3 is 2.71 bits per heavy atom. The molecule has 0 unspecified atom stereocenters. The van der Waals surface area contributed by atoms with Crippen molar-refractivity contribution in [2.24, 2.45) is 0 Å². The quantitative estimate of drug-likeness (QED) is 0.762. The van der Waals surface area contributed by atoms with Crippen molar-refractivity contribution < 1.29 is 9.90 Å². The summed E-state index contributed by atoms with van der Waals surface area (Å²) in [6, 6.07) is 10.9. The Morgan fingerprint density at radius 1 is 1.10 bits per heavy atom. The molecule has 0 fully saturated rings. The van der Waals surface area contributed by atoms with E-state index in [2.05, 4.69) is 20.3 Å². The van der Waals surface area contributed by atoms with Crippen molar-refractivity contribution in [3.05, 3.63) is 60.2 Å². The molecule has 0 saturated heterocycles. The molecule has 0 aliphatic carbocycles. The fourth-order valence-electron chi connectivity index (χ4n) is 1.99. The molecule has 3 rings (SSSR count). The van der Waals surface area contributed by atoms with Gasteiger partial charge < -0.3 is 10.4 Å². The molecule has 3 aromatic rings. The van der Waals surface area contributed by atoms with Gasteiger partial charge in [0.15, 0.2) is 0 Å². The van der Waals surface area contributed by atoms with E-state index in [9.17, 15) is 4.79 Å². The highest BCUT2D eigenvalue weighted by Crippen LogP contribution is 2.18. The molecular formula is C15H12N4O2. The first-order chi connectivity index (χ1) is 10.2. The van der Waals surface area contributed by atoms with Crippen LogP contribution in [0.4, 0.5) is 5.82 Å². The summed E-state index contributed by atoms with van der Waals surface area (Å²) in [6.45, 7) is 0.508. The topological polar surface area (TPSA) is 88.0 Å². The van der Waals surface area contributed by atoms with E-state index in [4.69, 9.17) is 5.11 Å². The van der Waals surface area contributed by atoms with Crippen LogP contribution in [0.25, 0.3) is 10.9 Å². The lowest BCUT2D eigenvalue weighted by atomic mass is 10.2. The largest absolute Gasteiger partial charge is 0.477 e. The number of nitrogens with one attached hydrogen (secondary N) is 1. The summed E-state index contributed by atoms with van der Waals surface area (Å²) in [6.07, 6.45) is 3.05. The van der Waals surface area contributed by atoms with E-state index in [1.54, 1.807) is 12.3 Å². The number of fused-ring (bicyclic) bond motifs is 1. The minimum Gasteiger partial charge on any atom is -0.477 e. The molecule has 0 aliphatic rings. The summed E-state index contributed by atoms with van der Waals surface area (Å²) in [4.78, 5) is 23.1. The Balaban J connectivity index is 1.79. The highest BCUT2D eigenvalue weighted by atomic mass is 16.4. The number of hydrogen-bond donors (Lipinski definition) is 2. The third-order valence-corrected chi connectivity index (χ3v) is 3.05. The maximum Gasteiger partial charge on any atom is 0.354 e. The summed E-state index contributed by atoms with van der Waals surface area (Å²) in [5.41, 5.74) is 1.78. The first-order valence-electron chi connectivity index (χ1n) is 6.36. The van der Waals surface area contributed by atoms with Crippen LogP contribution in [0.3, 0.4) is 0 Å². The van der Waals surface area contributed by atoms with E-state index in [1.165, 1.54) is 12.4 Å². The van der Waals surface area contributed by atoms with Gasteiger partial charge in [-0.1, -0.05) is 18.2 Å². The summed E-state index contributed by atoms with van der Waals surface area (Å²) in [7, 11) is 0. The molecule has 6 heteroatoms. The van der Waals surface area contributed by atoms with Crippen molar-refractivity contribution in [3.63, 3.8) is 0 Å². The smallest absolute Gasteiger partial charge is 0.354 e. The van der Waals surface area contributed by atoms with Crippen LogP contribution in [-0.2, 0) is 6.54 Å². The van der Waals surface area contributed by atoms with Crippen LogP contribution in [0, 0.1) is 0 Å². The van der Waals surface area contributed by atoms with Gasteiger partial charge in [0.2, 0.25) is 0 Å². The van der Waals surface area contributed by atoms with Gasteiger partial charge in [-0.05, 0) is 23.8 Å². The molecule has 0 spiro atoms. The zero-order valence-corrected chi connectivity index (χ0v) is 11.0. The number of benzene rings is 1. The molecule has 6 nitrogen and oxygen atoms in total. The minimum absolute atomic E-state index is 0.0336. The molecule has 0 radical (unpaired) electrons. The van der Waals surface area contributed by atoms with Crippen molar-refractivity contribution >= 4 is 22.7 Å². The van der Waals surface area contributed by atoms with Crippen molar-refractivity contribution in [2.45, 2.75) is 6.54 Å². The predicted molar refractivity (Wildman–Crippen MR) is 78.1 cm³/mol. The lowest BCUT2D eigenvalue weighted by Gasteiger charge is -2.08. The van der Waals surface area contributed by atoms with Gasteiger partial charge in [-0.15, -0.1) is 0 Å². The van der Waals surface area contributed by atoms with Gasteiger partial charge in [0.25, 0.3) is 0 Å². The van der Waals surface area contributed by atoms with Crippen LogP contribution in [0.1, 0.15) is 16.1 Å². The van der Waals surface area contributed by atoms with Crippen LogP contribution in [-0.4, -0.2) is 26.0 Å². The van der Waals surface area contributed by atoms with Gasteiger partial charge in [0.1, 0.15) is 17.8 Å². The molecule has 2 N–H and O–H groups in total. The first kappa shape index (κ1) is 13.0. The van der Waals surface area contributed by atoms with Crippen LogP contribution in [0.15, 0.2) is 48.9 Å². The van der Waals surface area contributed by atoms with E-state index in [0.717, 1.165) is 22.3 Å². The Morgan fingerprint density at radius 2 is 1.95 bits per heavy atom. The van der Waals surface area contributed by atoms with E-state index in [-0.39, 0.29) is 5.69 Å². The third kappa shape index (κ3) is 2.79. The number of anilines is 1. The van der Waals surface area contributed by atoms with Crippen molar-refractivity contribution in [1.82, 2.24) is 15.0 Å². The molecule has 0 bridgehead atoms. The number of nitrogens with zero attached hydrogens (tertiary/aromatic N) is 3. The number of carboxylic acid groups (broad SMARTS) is 1. The second-order valence-corrected chi connectivity index (χ2v) is 4.45. The summed E-state index contributed by atoms with van der Waals surface area (Å²) < 4.78 is 0. The lowest BCUT2D eigenvalue weighted by Crippen LogP contribution is -2.05. The minimum atomic E-state index is -1.03. The molecule has 1 aromatic carbocycles. The molecule has 21 heavy (non-hydrogen) atoms. The average molecular weight is 280 g/mol. The van der Waals surface area contributed by atoms with Crippen LogP contribution in [0.5, 0.6) is 0 Å². The number of aromatic nitrogens is 3. The standard InChI is InChI=1S/C15H12N4O2/c20-15(21)13-6-5-10(7-16-13)8-17-14-11-3-1-2-4-12(11)18-9-19-14/h1-7,9H,8H2,(H,20,21)(H,17,18,19). The predicted octanol–water partition coefficient (Wildman–Crippen LogP) is 2.34. The lowest BCUT2D eigenvalue weighted by molar-refractivity contribution is 0.0690. The van der Waals surface area contributed by atoms with E-state index < -0.39 is 5.97 Å². The summed E-state index contributed by atoms with van der Waals surface area (Å²) >= 11 is 0. The van der Waals surface area contributed by atoms with Crippen molar-refractivity contribution in [1.29, 1.82) is 0 Å². The number of aromatic carboxylic acids is 1. The monoisotopic (exact) mass is 280 g/mol. The van der Waals surface area contributed by atoms with Crippen molar-refractivity contribution in [3.8, 4) is 0 Å². The Hall–Kier alpha value is -3.02. The number of carbonyl (C=O) groups is 1. The zero-order valence-electron chi connectivity index (χ0n) is 11.0. The van der Waals surface area contributed by atoms with E-state index >= 15 is 0 Å². The van der Waals surface area contributed by atoms with Gasteiger partial charge in [0.05, 0.1) is 5.52 Å². The Kier molecular flexibility index (Phi) is 3.42. The fourth-order valence-corrected chi connectivity index (χ4v) is 1.99. The zero-order chi connectivity index (χ0) is 14.7. The SMILES string of the molecule is O=C(O)c1ccc(CNc2ncnc3ccccc23)cn1. The molecule has 2 heterocycles. The van der Waals surface area contributed by atoms with Gasteiger partial charge >= 0.3 is 5.97 Å². The first-order valence-corrected chi connectivity index (χ1v) is 6.36. The number of para-hydroxylation sites is 1. The molecule has 0 amide bonds. The number of rotatable bonds is 4. The molecule has 0 aliphatic heterocycles. The number of pyridine rings is 1. The highest BCUT2D eigenvalue weighted by molar-refractivity contribution is 5.88. The highest BCUT2D eigenvalue weighted by Gasteiger charge is 2.05. The average Bonchev–Trinajstić information content (AvgIpc) is 2.53. The van der Waals surface area contributed by atoms with Gasteiger partial charge in [-0.2, -0.15) is 0 Å². The summed E-state index contributed by atoms with van der Waals surface area (Å²) in [5, 5.41) is 13.0. The molecule has 0 atom stereocenters. The van der Waals surface area contributed by atoms with Gasteiger partial charge in [-0.25, -0.2) is 19.7 Å². The number of hydrogen-bond acceptors (Lipinski definition) is 5. The van der Waals surface area contributed by atoms with Crippen molar-refractivity contribution in [2.75, 3.05) is 5.32 Å². The number of carboxylic acids is 1. The summed E-state index contributed by atoms with van der Waals surface area (Å²) in [5.74, 6) is -0.292. The van der Waals surface area contributed by atoms with Crippen LogP contribution < -0.4 is 5.32 Å². The van der Waals surface area contributed by atoms with Gasteiger partial charge in [-0.3, -0.25) is 0 Å².